The molecule has 1 aliphatic carbocycles. The van der Waals surface area contributed by atoms with Crippen molar-refractivity contribution in [2.45, 2.75) is 46.5 Å². The summed E-state index contributed by atoms with van der Waals surface area (Å²) in [5.41, 5.74) is 2.27. The Morgan fingerprint density at radius 3 is 2.53 bits per heavy atom. The number of aryl methyl sites for hydroxylation is 1. The maximum absolute atomic E-state index is 12.3. The molecule has 0 spiro atoms. The van der Waals surface area contributed by atoms with E-state index >= 15 is 0 Å². The predicted molar refractivity (Wildman–Crippen MR) is 69.0 cm³/mol. The molecule has 0 atom stereocenters. The molecular weight excluding hydrogens is 210 g/mol. The third-order valence-corrected chi connectivity index (χ3v) is 3.87. The number of carbonyl (C=O) groups excluding carboxylic acids is 1. The summed E-state index contributed by atoms with van der Waals surface area (Å²) in [5, 5.41) is 0. The second-order valence-corrected chi connectivity index (χ2v) is 6.05. The van der Waals surface area contributed by atoms with Gasteiger partial charge >= 0.3 is 0 Å². The fourth-order valence-electron chi connectivity index (χ4n) is 2.59. The molecule has 0 radical (unpaired) electrons. The molecule has 1 aromatic rings. The molecular formula is C15H21NO. The highest BCUT2D eigenvalue weighted by atomic mass is 16.1. The Bertz CT molecular complexity index is 413. The third kappa shape index (κ3) is 2.93. The average molecular weight is 231 g/mol. The summed E-state index contributed by atoms with van der Waals surface area (Å²) < 4.78 is 0. The van der Waals surface area contributed by atoms with Gasteiger partial charge in [0.2, 0.25) is 0 Å². The molecule has 0 aliphatic heterocycles. The van der Waals surface area contributed by atoms with Gasteiger partial charge in [0.05, 0.1) is 0 Å². The van der Waals surface area contributed by atoms with Gasteiger partial charge in [-0.2, -0.15) is 0 Å². The van der Waals surface area contributed by atoms with Gasteiger partial charge in [-0.05, 0) is 49.7 Å². The van der Waals surface area contributed by atoms with Gasteiger partial charge in [0.15, 0.2) is 5.78 Å². The summed E-state index contributed by atoms with van der Waals surface area (Å²) in [7, 11) is 0. The lowest BCUT2D eigenvalue weighted by molar-refractivity contribution is 0.0837. The van der Waals surface area contributed by atoms with E-state index in [4.69, 9.17) is 0 Å². The van der Waals surface area contributed by atoms with Crippen LogP contribution in [0, 0.1) is 18.3 Å². The summed E-state index contributed by atoms with van der Waals surface area (Å²) >= 11 is 0. The molecule has 1 aliphatic rings. The third-order valence-electron chi connectivity index (χ3n) is 3.87. The highest BCUT2D eigenvalue weighted by Crippen LogP contribution is 2.39. The first-order valence-corrected chi connectivity index (χ1v) is 6.44. The van der Waals surface area contributed by atoms with Crippen molar-refractivity contribution in [3.8, 4) is 0 Å². The maximum atomic E-state index is 12.3. The summed E-state index contributed by atoms with van der Waals surface area (Å²) in [4.78, 5) is 16.4. The molecule has 1 aromatic heterocycles. The van der Waals surface area contributed by atoms with Gasteiger partial charge in [-0.25, -0.2) is 0 Å². The molecule has 17 heavy (non-hydrogen) atoms. The van der Waals surface area contributed by atoms with Gasteiger partial charge in [0.1, 0.15) is 0 Å². The van der Waals surface area contributed by atoms with Crippen molar-refractivity contribution in [3.63, 3.8) is 0 Å². The predicted octanol–water partition coefficient (Wildman–Crippen LogP) is 3.79. The molecule has 0 saturated heterocycles. The lowest BCUT2D eigenvalue weighted by atomic mass is 9.71. The molecule has 1 saturated carbocycles. The topological polar surface area (TPSA) is 30.0 Å². The number of pyridine rings is 1. The maximum Gasteiger partial charge on any atom is 0.167 e. The SMILES string of the molecule is Cc1cncc(C(=O)C2CCC(C)(C)CC2)c1. The highest BCUT2D eigenvalue weighted by molar-refractivity contribution is 5.97. The zero-order valence-electron chi connectivity index (χ0n) is 11.0. The summed E-state index contributed by atoms with van der Waals surface area (Å²) in [6.07, 6.45) is 7.86. The van der Waals surface area contributed by atoms with E-state index in [0.717, 1.165) is 36.8 Å². The number of aromatic nitrogens is 1. The van der Waals surface area contributed by atoms with Crippen LogP contribution in [0.3, 0.4) is 0 Å². The number of hydrogen-bond donors (Lipinski definition) is 0. The molecule has 2 heteroatoms. The molecule has 1 fully saturated rings. The van der Waals surface area contributed by atoms with Crippen LogP contribution in [0.2, 0.25) is 0 Å². The van der Waals surface area contributed by atoms with Crippen molar-refractivity contribution in [3.05, 3.63) is 29.6 Å². The lowest BCUT2D eigenvalue weighted by Crippen LogP contribution is -2.26. The Kier molecular flexibility index (Phi) is 3.32. The Morgan fingerprint density at radius 1 is 1.29 bits per heavy atom. The molecule has 2 rings (SSSR count). The summed E-state index contributed by atoms with van der Waals surface area (Å²) in [6, 6.07) is 1.95. The standard InChI is InChI=1S/C15H21NO/c1-11-8-13(10-16-9-11)14(17)12-4-6-15(2,3)7-5-12/h8-10,12H,4-7H2,1-3H3. The van der Waals surface area contributed by atoms with Crippen LogP contribution in [0.15, 0.2) is 18.5 Å². The van der Waals surface area contributed by atoms with E-state index in [-0.39, 0.29) is 11.7 Å². The van der Waals surface area contributed by atoms with Crippen molar-refractivity contribution < 1.29 is 4.79 Å². The average Bonchev–Trinajstić information content (AvgIpc) is 2.28. The molecule has 0 bridgehead atoms. The molecule has 2 nitrogen and oxygen atoms in total. The van der Waals surface area contributed by atoms with Gasteiger partial charge in [0, 0.05) is 23.9 Å². The number of rotatable bonds is 2. The zero-order valence-corrected chi connectivity index (χ0v) is 11.0. The molecule has 0 N–H and O–H groups in total. The van der Waals surface area contributed by atoms with E-state index in [9.17, 15) is 4.79 Å². The van der Waals surface area contributed by atoms with Crippen molar-refractivity contribution in [2.24, 2.45) is 11.3 Å². The minimum atomic E-state index is 0.214. The first kappa shape index (κ1) is 12.3. The number of hydrogen-bond acceptors (Lipinski definition) is 2. The second kappa shape index (κ2) is 4.59. The molecule has 0 aromatic carbocycles. The van der Waals surface area contributed by atoms with Crippen molar-refractivity contribution in [1.82, 2.24) is 4.98 Å². The fraction of sp³-hybridized carbons (Fsp3) is 0.600. The van der Waals surface area contributed by atoms with Crippen LogP contribution >= 0.6 is 0 Å². The number of ketones is 1. The van der Waals surface area contributed by atoms with E-state index in [0.29, 0.717) is 5.41 Å². The van der Waals surface area contributed by atoms with E-state index in [2.05, 4.69) is 18.8 Å². The van der Waals surface area contributed by atoms with E-state index in [1.165, 1.54) is 0 Å². The second-order valence-electron chi connectivity index (χ2n) is 6.05. The Morgan fingerprint density at radius 2 is 1.94 bits per heavy atom. The Balaban J connectivity index is 2.07. The van der Waals surface area contributed by atoms with Crippen LogP contribution in [0.1, 0.15) is 55.5 Å². The van der Waals surface area contributed by atoms with Gasteiger partial charge in [0.25, 0.3) is 0 Å². The number of Topliss-reactive ketones (excluding diaryl/α,β-unsaturated/α-hetero) is 1. The molecule has 1 heterocycles. The Hall–Kier alpha value is -1.18. The molecule has 0 amide bonds. The van der Waals surface area contributed by atoms with E-state index in [1.54, 1.807) is 12.4 Å². The minimum absolute atomic E-state index is 0.214. The van der Waals surface area contributed by atoms with Gasteiger partial charge in [-0.15, -0.1) is 0 Å². The van der Waals surface area contributed by atoms with Crippen LogP contribution in [-0.2, 0) is 0 Å². The number of nitrogens with zero attached hydrogens (tertiary/aromatic N) is 1. The van der Waals surface area contributed by atoms with Crippen molar-refractivity contribution in [2.75, 3.05) is 0 Å². The quantitative estimate of drug-likeness (QED) is 0.725. The number of carbonyl (C=O) groups is 1. The van der Waals surface area contributed by atoms with Crippen molar-refractivity contribution in [1.29, 1.82) is 0 Å². The normalized spacial score (nSPS) is 20.2. The highest BCUT2D eigenvalue weighted by Gasteiger charge is 2.30. The summed E-state index contributed by atoms with van der Waals surface area (Å²) in [5.74, 6) is 0.503. The minimum Gasteiger partial charge on any atom is -0.294 e. The monoisotopic (exact) mass is 231 g/mol. The van der Waals surface area contributed by atoms with Crippen LogP contribution in [0.4, 0.5) is 0 Å². The summed E-state index contributed by atoms with van der Waals surface area (Å²) in [6.45, 7) is 6.57. The van der Waals surface area contributed by atoms with Gasteiger partial charge in [-0.3, -0.25) is 9.78 Å². The smallest absolute Gasteiger partial charge is 0.167 e. The largest absolute Gasteiger partial charge is 0.294 e. The fourth-order valence-corrected chi connectivity index (χ4v) is 2.59. The van der Waals surface area contributed by atoms with Crippen LogP contribution < -0.4 is 0 Å². The van der Waals surface area contributed by atoms with Gasteiger partial charge in [-0.1, -0.05) is 13.8 Å². The van der Waals surface area contributed by atoms with Crippen LogP contribution in [0.25, 0.3) is 0 Å². The first-order chi connectivity index (χ1) is 7.98. The van der Waals surface area contributed by atoms with Crippen LogP contribution in [-0.4, -0.2) is 10.8 Å². The van der Waals surface area contributed by atoms with Crippen LogP contribution in [0.5, 0.6) is 0 Å². The zero-order chi connectivity index (χ0) is 12.5. The van der Waals surface area contributed by atoms with Crippen molar-refractivity contribution >= 4 is 5.78 Å². The molecule has 92 valence electrons. The van der Waals surface area contributed by atoms with E-state index in [1.807, 2.05) is 13.0 Å². The lowest BCUT2D eigenvalue weighted by Gasteiger charge is -2.33. The first-order valence-electron chi connectivity index (χ1n) is 6.44. The van der Waals surface area contributed by atoms with E-state index < -0.39 is 0 Å². The van der Waals surface area contributed by atoms with Gasteiger partial charge < -0.3 is 0 Å². The molecule has 0 unspecified atom stereocenters. The Labute approximate surface area is 103 Å².